The van der Waals surface area contributed by atoms with Crippen LogP contribution in [0.25, 0.3) is 0 Å². The van der Waals surface area contributed by atoms with Crippen LogP contribution in [0, 0.1) is 5.92 Å². The molecule has 3 atom stereocenters. The second-order valence-electron chi connectivity index (χ2n) is 6.12. The van der Waals surface area contributed by atoms with Crippen LogP contribution in [-0.2, 0) is 6.18 Å². The van der Waals surface area contributed by atoms with Gasteiger partial charge in [-0.1, -0.05) is 19.1 Å². The molecule has 118 valence electrons. The van der Waals surface area contributed by atoms with Gasteiger partial charge < -0.3 is 5.11 Å². The highest BCUT2D eigenvalue weighted by Crippen LogP contribution is 2.31. The molecule has 1 fully saturated rings. The highest BCUT2D eigenvalue weighted by Gasteiger charge is 2.31. The van der Waals surface area contributed by atoms with E-state index >= 15 is 0 Å². The maximum atomic E-state index is 12.7. The number of hydrogen-bond acceptors (Lipinski definition) is 2. The van der Waals surface area contributed by atoms with Crippen molar-refractivity contribution in [3.63, 3.8) is 0 Å². The number of aliphatic hydroxyl groups excluding tert-OH is 1. The average Bonchev–Trinajstić information content (AvgIpc) is 2.42. The summed E-state index contributed by atoms with van der Waals surface area (Å²) < 4.78 is 38.1. The van der Waals surface area contributed by atoms with Crippen LogP contribution in [0.15, 0.2) is 24.3 Å². The third-order valence-electron chi connectivity index (χ3n) is 4.25. The van der Waals surface area contributed by atoms with Crippen molar-refractivity contribution >= 4 is 0 Å². The van der Waals surface area contributed by atoms with Crippen molar-refractivity contribution in [3.05, 3.63) is 35.4 Å². The van der Waals surface area contributed by atoms with Gasteiger partial charge in [0.15, 0.2) is 0 Å². The van der Waals surface area contributed by atoms with Crippen molar-refractivity contribution in [1.29, 1.82) is 0 Å². The van der Waals surface area contributed by atoms with Crippen molar-refractivity contribution in [3.8, 4) is 0 Å². The number of piperidine rings is 1. The van der Waals surface area contributed by atoms with E-state index in [-0.39, 0.29) is 0 Å². The molecule has 1 aliphatic rings. The maximum Gasteiger partial charge on any atom is 0.416 e. The lowest BCUT2D eigenvalue weighted by Crippen LogP contribution is -2.43. The van der Waals surface area contributed by atoms with E-state index in [9.17, 15) is 18.3 Å². The first-order valence-corrected chi connectivity index (χ1v) is 7.36. The molecule has 5 heteroatoms. The van der Waals surface area contributed by atoms with E-state index in [0.29, 0.717) is 24.1 Å². The van der Waals surface area contributed by atoms with Crippen molar-refractivity contribution in [2.45, 2.75) is 45.0 Å². The summed E-state index contributed by atoms with van der Waals surface area (Å²) in [5.74, 6) is 0.565. The molecule has 0 spiro atoms. The minimum absolute atomic E-state index is 0.329. The molecule has 0 radical (unpaired) electrons. The Morgan fingerprint density at radius 2 is 2.00 bits per heavy atom. The first-order chi connectivity index (χ1) is 9.77. The lowest BCUT2D eigenvalue weighted by atomic mass is 9.94. The maximum absolute atomic E-state index is 12.7. The zero-order chi connectivity index (χ0) is 15.6. The molecule has 0 aliphatic carbocycles. The minimum Gasteiger partial charge on any atom is -0.387 e. The van der Waals surface area contributed by atoms with Gasteiger partial charge in [0, 0.05) is 19.1 Å². The summed E-state index contributed by atoms with van der Waals surface area (Å²) in [6, 6.07) is 5.34. The van der Waals surface area contributed by atoms with E-state index < -0.39 is 17.8 Å². The monoisotopic (exact) mass is 301 g/mol. The fourth-order valence-corrected chi connectivity index (χ4v) is 2.88. The van der Waals surface area contributed by atoms with Crippen LogP contribution >= 0.6 is 0 Å². The van der Waals surface area contributed by atoms with E-state index in [4.69, 9.17) is 0 Å². The van der Waals surface area contributed by atoms with Gasteiger partial charge in [-0.3, -0.25) is 4.90 Å². The number of benzene rings is 1. The number of rotatable bonds is 3. The predicted molar refractivity (Wildman–Crippen MR) is 75.8 cm³/mol. The standard InChI is InChI=1S/C16H22F3NO/c1-11-6-7-12(2)20(9-11)10-15(21)13-4-3-5-14(8-13)16(17,18)19/h3-5,8,11-12,15,21H,6-7,9-10H2,1-2H3. The number of nitrogens with zero attached hydrogens (tertiary/aromatic N) is 1. The summed E-state index contributed by atoms with van der Waals surface area (Å²) in [5, 5.41) is 10.3. The Kier molecular flexibility index (Phi) is 4.94. The number of halogens is 3. The molecule has 21 heavy (non-hydrogen) atoms. The van der Waals surface area contributed by atoms with E-state index in [1.54, 1.807) is 6.07 Å². The molecule has 0 bridgehead atoms. The Hall–Kier alpha value is -1.07. The Bertz CT molecular complexity index is 475. The van der Waals surface area contributed by atoms with Gasteiger partial charge in [-0.2, -0.15) is 13.2 Å². The van der Waals surface area contributed by atoms with E-state index in [0.717, 1.165) is 31.5 Å². The summed E-state index contributed by atoms with van der Waals surface area (Å²) in [4.78, 5) is 2.17. The zero-order valence-electron chi connectivity index (χ0n) is 12.4. The third-order valence-corrected chi connectivity index (χ3v) is 4.25. The lowest BCUT2D eigenvalue weighted by Gasteiger charge is -2.37. The van der Waals surface area contributed by atoms with E-state index in [1.165, 1.54) is 6.07 Å². The van der Waals surface area contributed by atoms with Crippen LogP contribution in [0.4, 0.5) is 13.2 Å². The highest BCUT2D eigenvalue weighted by atomic mass is 19.4. The van der Waals surface area contributed by atoms with Crippen molar-refractivity contribution in [1.82, 2.24) is 4.90 Å². The Balaban J connectivity index is 2.08. The summed E-state index contributed by atoms with van der Waals surface area (Å²) >= 11 is 0. The quantitative estimate of drug-likeness (QED) is 0.916. The van der Waals surface area contributed by atoms with Crippen LogP contribution in [-0.4, -0.2) is 29.1 Å². The summed E-state index contributed by atoms with van der Waals surface area (Å²) in [6.07, 6.45) is -3.03. The van der Waals surface area contributed by atoms with Crippen LogP contribution < -0.4 is 0 Å². The topological polar surface area (TPSA) is 23.5 Å². The summed E-state index contributed by atoms with van der Waals surface area (Å²) in [5.41, 5.74) is -0.380. The SMILES string of the molecule is CC1CCC(C)N(CC(O)c2cccc(C(F)(F)F)c2)C1. The number of likely N-dealkylation sites (tertiary alicyclic amines) is 1. The van der Waals surface area contributed by atoms with Gasteiger partial charge in [0.1, 0.15) is 0 Å². The van der Waals surface area contributed by atoms with Crippen molar-refractivity contribution in [2.24, 2.45) is 5.92 Å². The Labute approximate surface area is 123 Å². The molecule has 0 saturated carbocycles. The molecule has 1 saturated heterocycles. The van der Waals surface area contributed by atoms with Crippen LogP contribution in [0.5, 0.6) is 0 Å². The largest absolute Gasteiger partial charge is 0.416 e. The number of alkyl halides is 3. The predicted octanol–water partition coefficient (Wildman–Crippen LogP) is 3.86. The van der Waals surface area contributed by atoms with Gasteiger partial charge in [0.25, 0.3) is 0 Å². The number of β-amino-alcohol motifs (C(OH)–C–C–N with tert-alkyl or cyclic N) is 1. The van der Waals surface area contributed by atoms with Gasteiger partial charge in [-0.05, 0) is 43.4 Å². The summed E-state index contributed by atoms with van der Waals surface area (Å²) in [7, 11) is 0. The molecule has 3 unspecified atom stereocenters. The zero-order valence-corrected chi connectivity index (χ0v) is 12.4. The molecule has 0 aromatic heterocycles. The molecule has 2 nitrogen and oxygen atoms in total. The molecular formula is C16H22F3NO. The van der Waals surface area contributed by atoms with Crippen LogP contribution in [0.2, 0.25) is 0 Å². The van der Waals surface area contributed by atoms with Crippen molar-refractivity contribution < 1.29 is 18.3 Å². The average molecular weight is 301 g/mol. The molecule has 2 rings (SSSR count). The third kappa shape index (κ3) is 4.20. The molecule has 1 aromatic carbocycles. The van der Waals surface area contributed by atoms with Gasteiger partial charge in [-0.15, -0.1) is 0 Å². The van der Waals surface area contributed by atoms with E-state index in [1.807, 2.05) is 0 Å². The highest BCUT2D eigenvalue weighted by molar-refractivity contribution is 5.27. The molecule has 0 amide bonds. The van der Waals surface area contributed by atoms with Crippen LogP contribution in [0.1, 0.15) is 43.9 Å². The fraction of sp³-hybridized carbons (Fsp3) is 0.625. The molecule has 1 aliphatic heterocycles. The molecule has 1 aromatic rings. The smallest absolute Gasteiger partial charge is 0.387 e. The van der Waals surface area contributed by atoms with Gasteiger partial charge >= 0.3 is 6.18 Å². The van der Waals surface area contributed by atoms with Crippen LogP contribution in [0.3, 0.4) is 0 Å². The molecular weight excluding hydrogens is 279 g/mol. The fourth-order valence-electron chi connectivity index (χ4n) is 2.88. The molecule has 1 heterocycles. The Morgan fingerprint density at radius 1 is 1.29 bits per heavy atom. The second-order valence-corrected chi connectivity index (χ2v) is 6.12. The lowest BCUT2D eigenvalue weighted by molar-refractivity contribution is -0.137. The molecule has 1 N–H and O–H groups in total. The first kappa shape index (κ1) is 16.3. The summed E-state index contributed by atoms with van der Waals surface area (Å²) in [6.45, 7) is 5.53. The van der Waals surface area contributed by atoms with Gasteiger partial charge in [0.05, 0.1) is 11.7 Å². The number of aliphatic hydroxyl groups is 1. The van der Waals surface area contributed by atoms with Gasteiger partial charge in [0.2, 0.25) is 0 Å². The first-order valence-electron chi connectivity index (χ1n) is 7.36. The van der Waals surface area contributed by atoms with E-state index in [2.05, 4.69) is 18.7 Å². The minimum atomic E-state index is -4.37. The number of hydrogen-bond donors (Lipinski definition) is 1. The van der Waals surface area contributed by atoms with Gasteiger partial charge in [-0.25, -0.2) is 0 Å². The van der Waals surface area contributed by atoms with Crippen molar-refractivity contribution in [2.75, 3.05) is 13.1 Å². The second kappa shape index (κ2) is 6.36. The normalized spacial score (nSPS) is 25.8. The Morgan fingerprint density at radius 3 is 2.67 bits per heavy atom.